The van der Waals surface area contributed by atoms with Crippen molar-refractivity contribution in [3.8, 4) is 12.3 Å². The molecule has 0 saturated heterocycles. The van der Waals surface area contributed by atoms with Gasteiger partial charge in [0, 0.05) is 22.2 Å². The number of carbonyl (C=O) groups excluding carboxylic acids is 1. The second kappa shape index (κ2) is 14.4. The number of hydrogen-bond donors (Lipinski definition) is 0. The number of ether oxygens (including phenoxy) is 2. The van der Waals surface area contributed by atoms with E-state index in [2.05, 4.69) is 21.9 Å². The molecule has 8 heteroatoms. The minimum Gasteiger partial charge on any atom is -0.444 e. The van der Waals surface area contributed by atoms with Crippen LogP contribution in [0.2, 0.25) is 0 Å². The van der Waals surface area contributed by atoms with Crippen LogP contribution in [0.5, 0.6) is 0 Å². The van der Waals surface area contributed by atoms with E-state index in [0.717, 1.165) is 21.7 Å². The van der Waals surface area contributed by atoms with E-state index in [4.69, 9.17) is 15.9 Å². The fraction of sp³-hybridized carbons (Fsp3) is 0.410. The van der Waals surface area contributed by atoms with Gasteiger partial charge in [0.05, 0.1) is 11.5 Å². The van der Waals surface area contributed by atoms with Crippen molar-refractivity contribution >= 4 is 27.5 Å². The van der Waals surface area contributed by atoms with Crippen molar-refractivity contribution in [1.82, 2.24) is 0 Å². The summed E-state index contributed by atoms with van der Waals surface area (Å²) in [5.74, 6) is 1.15. The number of alkyl halides is 3. The second-order valence-electron chi connectivity index (χ2n) is 13.2. The van der Waals surface area contributed by atoms with Crippen molar-refractivity contribution in [2.75, 3.05) is 6.61 Å². The highest BCUT2D eigenvalue weighted by Crippen LogP contribution is 2.60. The normalized spacial score (nSPS) is 18.9. The predicted molar refractivity (Wildman–Crippen MR) is 181 cm³/mol. The van der Waals surface area contributed by atoms with Crippen molar-refractivity contribution in [2.45, 2.75) is 79.2 Å². The molecular weight excluding hydrogens is 672 g/mol. The van der Waals surface area contributed by atoms with Crippen LogP contribution in [0.1, 0.15) is 105 Å². The summed E-state index contributed by atoms with van der Waals surface area (Å²) < 4.78 is 69.8. The van der Waals surface area contributed by atoms with Crippen molar-refractivity contribution < 1.29 is 31.8 Å². The maximum Gasteiger partial charge on any atom is 0.416 e. The molecule has 0 radical (unpaired) electrons. The monoisotopic (exact) mass is 712 g/mol. The number of halogens is 5. The van der Waals surface area contributed by atoms with Crippen molar-refractivity contribution in [1.29, 1.82) is 0 Å². The Morgan fingerprint density at radius 3 is 2.36 bits per heavy atom. The lowest BCUT2D eigenvalue weighted by Gasteiger charge is -2.24. The van der Waals surface area contributed by atoms with Crippen molar-refractivity contribution in [2.24, 2.45) is 17.3 Å². The van der Waals surface area contributed by atoms with Crippen molar-refractivity contribution in [3.63, 3.8) is 0 Å². The highest BCUT2D eigenvalue weighted by molar-refractivity contribution is 9.10. The van der Waals surface area contributed by atoms with E-state index >= 15 is 4.39 Å². The summed E-state index contributed by atoms with van der Waals surface area (Å²) in [7, 11) is 0. The van der Waals surface area contributed by atoms with Crippen LogP contribution in [0, 0.1) is 42.3 Å². The molecule has 1 fully saturated rings. The molecule has 3 nitrogen and oxygen atoms in total. The predicted octanol–water partition coefficient (Wildman–Crippen LogP) is 11.1. The van der Waals surface area contributed by atoms with E-state index < -0.39 is 41.2 Å². The molecule has 0 aliphatic heterocycles. The molecule has 0 bridgehead atoms. The van der Waals surface area contributed by atoms with Gasteiger partial charge in [-0.15, -0.1) is 6.42 Å². The third kappa shape index (κ3) is 8.01. The van der Waals surface area contributed by atoms with Crippen LogP contribution < -0.4 is 0 Å². The largest absolute Gasteiger partial charge is 0.444 e. The zero-order valence-corrected chi connectivity index (χ0v) is 29.4. The molecule has 47 heavy (non-hydrogen) atoms. The molecule has 3 aromatic carbocycles. The Hall–Kier alpha value is -3.41. The van der Waals surface area contributed by atoms with Crippen LogP contribution in [0.25, 0.3) is 5.57 Å². The van der Waals surface area contributed by atoms with E-state index in [0.29, 0.717) is 28.7 Å². The first-order valence-corrected chi connectivity index (χ1v) is 16.5. The molecule has 0 amide bonds. The van der Waals surface area contributed by atoms with E-state index in [-0.39, 0.29) is 29.8 Å². The van der Waals surface area contributed by atoms with Gasteiger partial charge < -0.3 is 9.47 Å². The molecule has 0 N–H and O–H groups in total. The summed E-state index contributed by atoms with van der Waals surface area (Å²) >= 11 is 3.56. The molecule has 0 heterocycles. The quantitative estimate of drug-likeness (QED) is 0.113. The van der Waals surface area contributed by atoms with Gasteiger partial charge in [-0.25, -0.2) is 4.39 Å². The second-order valence-corrected chi connectivity index (χ2v) is 14.0. The van der Waals surface area contributed by atoms with Crippen LogP contribution in [-0.2, 0) is 20.4 Å². The minimum atomic E-state index is -4.58. The van der Waals surface area contributed by atoms with Gasteiger partial charge in [0.15, 0.2) is 6.10 Å². The molecule has 250 valence electrons. The van der Waals surface area contributed by atoms with E-state index in [1.807, 2.05) is 47.6 Å². The Balaban J connectivity index is 1.61. The van der Waals surface area contributed by atoms with Gasteiger partial charge in [-0.3, -0.25) is 4.79 Å². The highest BCUT2D eigenvalue weighted by Gasteiger charge is 2.61. The van der Waals surface area contributed by atoms with E-state index in [1.54, 1.807) is 43.3 Å². The van der Waals surface area contributed by atoms with Gasteiger partial charge in [-0.2, -0.15) is 13.2 Å². The molecule has 4 unspecified atom stereocenters. The fourth-order valence-electron chi connectivity index (χ4n) is 6.22. The zero-order valence-electron chi connectivity index (χ0n) is 27.8. The first kappa shape index (κ1) is 36.4. The lowest BCUT2D eigenvalue weighted by Crippen LogP contribution is -2.17. The summed E-state index contributed by atoms with van der Waals surface area (Å²) in [6, 6.07) is 13.8. The average molecular weight is 714 g/mol. The van der Waals surface area contributed by atoms with Crippen molar-refractivity contribution in [3.05, 3.63) is 110 Å². The Kier molecular flexibility index (Phi) is 11.1. The van der Waals surface area contributed by atoms with Gasteiger partial charge >= 0.3 is 12.1 Å². The number of aryl methyl sites for hydroxylation is 1. The number of rotatable bonds is 11. The average Bonchev–Trinajstić information content (AvgIpc) is 3.54. The van der Waals surface area contributed by atoms with Gasteiger partial charge in [0.1, 0.15) is 11.9 Å². The van der Waals surface area contributed by atoms with Crippen LogP contribution in [0.3, 0.4) is 0 Å². The zero-order chi connectivity index (χ0) is 34.8. The number of terminal acetylenes is 1. The number of esters is 1. The maximum absolute atomic E-state index is 15.1. The highest BCUT2D eigenvalue weighted by atomic mass is 79.9. The maximum atomic E-state index is 15.1. The molecule has 1 aliphatic rings. The summed E-state index contributed by atoms with van der Waals surface area (Å²) in [5.41, 5.74) is 2.46. The number of carbonyl (C=O) groups is 1. The molecule has 3 aromatic rings. The topological polar surface area (TPSA) is 35.5 Å². The van der Waals surface area contributed by atoms with E-state index in [9.17, 15) is 18.0 Å². The Labute approximate surface area is 283 Å². The van der Waals surface area contributed by atoms with Gasteiger partial charge in [0.2, 0.25) is 0 Å². The van der Waals surface area contributed by atoms with Gasteiger partial charge in [-0.1, -0.05) is 98.4 Å². The first-order valence-electron chi connectivity index (χ1n) is 15.7. The third-order valence-corrected chi connectivity index (χ3v) is 9.56. The van der Waals surface area contributed by atoms with Crippen LogP contribution >= 0.6 is 15.9 Å². The number of allylic oxidation sites excluding steroid dienone is 2. The SMILES string of the molecule is C#CC(OC(=O)C1C(C=C(C)c2cc(Br)c(C(C)C)cc2F)C1(C)C)c1cc(C)cc(C(OCCC)c2ccccc2C(F)(F)F)c1. The molecule has 0 aromatic heterocycles. The fourth-order valence-corrected chi connectivity index (χ4v) is 7.02. The number of hydrogen-bond acceptors (Lipinski definition) is 3. The van der Waals surface area contributed by atoms with Crippen LogP contribution in [0.15, 0.2) is 65.1 Å². The van der Waals surface area contributed by atoms with Gasteiger partial charge in [0.25, 0.3) is 0 Å². The van der Waals surface area contributed by atoms with E-state index in [1.165, 1.54) is 12.1 Å². The lowest BCUT2D eigenvalue weighted by atomic mass is 9.93. The lowest BCUT2D eigenvalue weighted by molar-refractivity contribution is -0.149. The summed E-state index contributed by atoms with van der Waals surface area (Å²) in [6.45, 7) is 13.6. The molecule has 4 rings (SSSR count). The molecule has 0 spiro atoms. The first-order chi connectivity index (χ1) is 22.0. The van der Waals surface area contributed by atoms with Gasteiger partial charge in [-0.05, 0) is 84.0 Å². The Morgan fingerprint density at radius 2 is 1.74 bits per heavy atom. The molecule has 1 aliphatic carbocycles. The Morgan fingerprint density at radius 1 is 1.09 bits per heavy atom. The molecule has 4 atom stereocenters. The minimum absolute atomic E-state index is 0.00806. The smallest absolute Gasteiger partial charge is 0.416 e. The van der Waals surface area contributed by atoms with Crippen LogP contribution in [-0.4, -0.2) is 12.6 Å². The van der Waals surface area contributed by atoms with Crippen LogP contribution in [0.4, 0.5) is 17.6 Å². The summed E-state index contributed by atoms with van der Waals surface area (Å²) in [5, 5.41) is 0. The summed E-state index contributed by atoms with van der Waals surface area (Å²) in [6.07, 6.45) is 1.72. The molecule has 1 saturated carbocycles. The Bertz CT molecular complexity index is 1700. The number of benzene rings is 3. The molecular formula is C39H41BrF4O3. The standard InChI is InChI=1S/C39H41BrF4O3/c1-9-15-46-36(27-13-11-12-14-30(27)39(42,43)44)26-17-23(5)16-25(19-26)34(10-2)47-37(45)35-31(38(35,7)8)18-24(6)29-20-32(40)28(22(3)4)21-33(29)41/h2,11-14,16-22,31,34-36H,9,15H2,1,3-8H3. The third-order valence-electron chi connectivity index (χ3n) is 8.88. The summed E-state index contributed by atoms with van der Waals surface area (Å²) in [4.78, 5) is 13.6.